The van der Waals surface area contributed by atoms with Crippen molar-refractivity contribution < 1.29 is 14.2 Å². The molecule has 140 valence electrons. The van der Waals surface area contributed by atoms with Gasteiger partial charge in [-0.3, -0.25) is 14.9 Å². The number of hydrogen-bond acceptors (Lipinski definition) is 8. The third-order valence-corrected chi connectivity index (χ3v) is 4.35. The Kier molecular flexibility index (Phi) is 6.10. The van der Waals surface area contributed by atoms with Crippen LogP contribution < -0.4 is 10.6 Å². The molecule has 0 atom stereocenters. The number of aryl methyl sites for hydroxylation is 1. The number of nitrogens with zero attached hydrogens (tertiary/aromatic N) is 3. The van der Waals surface area contributed by atoms with Crippen LogP contribution in [0.1, 0.15) is 12.3 Å². The largest absolute Gasteiger partial charge is 0.383 e. The Labute approximate surface area is 158 Å². The van der Waals surface area contributed by atoms with Gasteiger partial charge in [-0.2, -0.15) is 16.3 Å². The molecule has 0 aliphatic carbocycles. The molecule has 0 saturated carbocycles. The quantitative estimate of drug-likeness (QED) is 0.329. The molecule has 2 heterocycles. The van der Waals surface area contributed by atoms with Crippen LogP contribution in [0.3, 0.4) is 0 Å². The number of aromatic nitrogens is 2. The first-order valence-electron chi connectivity index (χ1n) is 8.22. The Morgan fingerprint density at radius 2 is 2.04 bits per heavy atom. The third-order valence-electron chi connectivity index (χ3n) is 3.67. The van der Waals surface area contributed by atoms with E-state index >= 15 is 0 Å². The van der Waals surface area contributed by atoms with E-state index in [1.807, 2.05) is 16.8 Å². The summed E-state index contributed by atoms with van der Waals surface area (Å²) in [6.07, 6.45) is 0.627. The van der Waals surface area contributed by atoms with Crippen LogP contribution in [0, 0.1) is 10.1 Å². The Morgan fingerprint density at radius 1 is 1.22 bits per heavy atom. The van der Waals surface area contributed by atoms with E-state index in [9.17, 15) is 14.9 Å². The van der Waals surface area contributed by atoms with Crippen molar-refractivity contribution in [2.24, 2.45) is 0 Å². The predicted octanol–water partition coefficient (Wildman–Crippen LogP) is 2.87. The minimum atomic E-state index is -0.448. The van der Waals surface area contributed by atoms with Gasteiger partial charge in [0.15, 0.2) is 0 Å². The van der Waals surface area contributed by atoms with Gasteiger partial charge < -0.3 is 15.2 Å². The number of thiophene rings is 1. The summed E-state index contributed by atoms with van der Waals surface area (Å²) >= 11 is 1.55. The smallest absolute Gasteiger partial charge is 0.269 e. The summed E-state index contributed by atoms with van der Waals surface area (Å²) in [7, 11) is 0. The van der Waals surface area contributed by atoms with Gasteiger partial charge in [-0.1, -0.05) is 5.16 Å². The lowest BCUT2D eigenvalue weighted by Gasteiger charge is -2.07. The lowest BCUT2D eigenvalue weighted by atomic mass is 10.3. The van der Waals surface area contributed by atoms with Crippen molar-refractivity contribution in [3.63, 3.8) is 0 Å². The van der Waals surface area contributed by atoms with E-state index < -0.39 is 4.92 Å². The number of amides is 1. The van der Waals surface area contributed by atoms with E-state index in [1.54, 1.807) is 23.5 Å². The molecule has 10 heteroatoms. The molecule has 3 rings (SSSR count). The first kappa shape index (κ1) is 18.5. The fourth-order valence-electron chi connectivity index (χ4n) is 2.28. The zero-order valence-corrected chi connectivity index (χ0v) is 15.1. The van der Waals surface area contributed by atoms with Crippen LogP contribution in [0.15, 0.2) is 45.6 Å². The second-order valence-corrected chi connectivity index (χ2v) is 6.38. The van der Waals surface area contributed by atoms with Crippen molar-refractivity contribution in [3.05, 3.63) is 57.1 Å². The summed E-state index contributed by atoms with van der Waals surface area (Å²) in [6, 6.07) is 8.01. The van der Waals surface area contributed by atoms with Gasteiger partial charge >= 0.3 is 0 Å². The van der Waals surface area contributed by atoms with Crippen molar-refractivity contribution in [2.45, 2.75) is 12.8 Å². The van der Waals surface area contributed by atoms with Crippen molar-refractivity contribution in [2.75, 3.05) is 18.4 Å². The molecular weight excluding hydrogens is 370 g/mol. The number of rotatable bonds is 9. The van der Waals surface area contributed by atoms with Crippen molar-refractivity contribution in [3.8, 4) is 11.4 Å². The highest BCUT2D eigenvalue weighted by Gasteiger charge is 2.10. The van der Waals surface area contributed by atoms with Crippen LogP contribution in [-0.2, 0) is 11.2 Å². The first-order valence-corrected chi connectivity index (χ1v) is 9.16. The predicted molar refractivity (Wildman–Crippen MR) is 101 cm³/mol. The summed E-state index contributed by atoms with van der Waals surface area (Å²) < 4.78 is 5.15. The molecule has 0 aliphatic heterocycles. The van der Waals surface area contributed by atoms with Crippen molar-refractivity contribution >= 4 is 28.6 Å². The summed E-state index contributed by atoms with van der Waals surface area (Å²) in [4.78, 5) is 26.3. The van der Waals surface area contributed by atoms with Crippen molar-refractivity contribution in [1.29, 1.82) is 0 Å². The molecule has 0 bridgehead atoms. The fraction of sp³-hybridized carbons (Fsp3) is 0.235. The topological polar surface area (TPSA) is 123 Å². The van der Waals surface area contributed by atoms with Gasteiger partial charge in [0.25, 0.3) is 5.69 Å². The molecule has 0 saturated heterocycles. The van der Waals surface area contributed by atoms with Gasteiger partial charge in [-0.05, 0) is 23.6 Å². The zero-order valence-electron chi connectivity index (χ0n) is 14.3. The number of nitro benzene ring substituents is 1. The Morgan fingerprint density at radius 3 is 2.74 bits per heavy atom. The minimum Gasteiger partial charge on any atom is -0.383 e. The van der Waals surface area contributed by atoms with E-state index in [1.165, 1.54) is 12.1 Å². The molecule has 0 spiro atoms. The normalized spacial score (nSPS) is 10.5. The fourth-order valence-corrected chi connectivity index (χ4v) is 2.92. The number of benzene rings is 1. The number of anilines is 1. The van der Waals surface area contributed by atoms with Crippen LogP contribution in [-0.4, -0.2) is 34.1 Å². The lowest BCUT2D eigenvalue weighted by Crippen LogP contribution is -2.28. The molecule has 2 aromatic heterocycles. The van der Waals surface area contributed by atoms with E-state index in [0.717, 1.165) is 11.3 Å². The van der Waals surface area contributed by atoms with Gasteiger partial charge in [-0.25, -0.2) is 0 Å². The van der Waals surface area contributed by atoms with Crippen LogP contribution in [0.2, 0.25) is 0 Å². The first-order chi connectivity index (χ1) is 13.1. The second-order valence-electron chi connectivity index (χ2n) is 5.60. The minimum absolute atomic E-state index is 0.0389. The number of non-ortho nitro benzene ring substituents is 1. The molecule has 9 nitrogen and oxygen atoms in total. The summed E-state index contributed by atoms with van der Waals surface area (Å²) in [6.45, 7) is 0.937. The van der Waals surface area contributed by atoms with E-state index in [0.29, 0.717) is 31.2 Å². The third kappa shape index (κ3) is 5.35. The number of nitro groups is 1. The van der Waals surface area contributed by atoms with E-state index in [2.05, 4.69) is 20.8 Å². The van der Waals surface area contributed by atoms with Gasteiger partial charge in [0, 0.05) is 54.7 Å². The molecule has 3 aromatic rings. The summed E-state index contributed by atoms with van der Waals surface area (Å²) in [5, 5.41) is 24.2. The Hall–Kier alpha value is -3.27. The standard InChI is InChI=1S/C17H17N5O4S/c23-15(5-6-16-20-17(21-26-16)12-7-10-27-11-12)19-9-8-18-13-1-3-14(4-2-13)22(24)25/h1-4,7,10-11,18H,5-6,8-9H2,(H,19,23). The molecule has 1 amide bonds. The van der Waals surface area contributed by atoms with Crippen LogP contribution in [0.25, 0.3) is 11.4 Å². The Bertz CT molecular complexity index is 892. The van der Waals surface area contributed by atoms with Gasteiger partial charge in [0.1, 0.15) is 0 Å². The molecule has 1 aromatic carbocycles. The van der Waals surface area contributed by atoms with Gasteiger partial charge in [-0.15, -0.1) is 0 Å². The SMILES string of the molecule is O=C(CCc1nc(-c2ccsc2)no1)NCCNc1ccc([N+](=O)[O-])cc1. The van der Waals surface area contributed by atoms with Crippen LogP contribution in [0.4, 0.5) is 11.4 Å². The molecule has 0 radical (unpaired) electrons. The number of carbonyl (C=O) groups excluding carboxylic acids is 1. The maximum atomic E-state index is 11.9. The molecule has 0 fully saturated rings. The van der Waals surface area contributed by atoms with Gasteiger partial charge in [0.2, 0.25) is 17.6 Å². The highest BCUT2D eigenvalue weighted by molar-refractivity contribution is 7.08. The molecule has 2 N–H and O–H groups in total. The molecule has 0 aliphatic rings. The van der Waals surface area contributed by atoms with Crippen LogP contribution >= 0.6 is 11.3 Å². The summed E-state index contributed by atoms with van der Waals surface area (Å²) in [5.74, 6) is 0.838. The highest BCUT2D eigenvalue weighted by atomic mass is 32.1. The molecular formula is C17H17N5O4S. The zero-order chi connectivity index (χ0) is 19.1. The van der Waals surface area contributed by atoms with E-state index in [-0.39, 0.29) is 18.0 Å². The lowest BCUT2D eigenvalue weighted by molar-refractivity contribution is -0.384. The second kappa shape index (κ2) is 8.90. The Balaban J connectivity index is 1.34. The average Bonchev–Trinajstić information content (AvgIpc) is 3.35. The van der Waals surface area contributed by atoms with Crippen molar-refractivity contribution in [1.82, 2.24) is 15.5 Å². The number of nitrogens with one attached hydrogen (secondary N) is 2. The number of carbonyl (C=O) groups is 1. The maximum absolute atomic E-state index is 11.9. The van der Waals surface area contributed by atoms with Gasteiger partial charge in [0.05, 0.1) is 4.92 Å². The summed E-state index contributed by atoms with van der Waals surface area (Å²) in [5.41, 5.74) is 1.69. The molecule has 0 unspecified atom stereocenters. The molecule has 27 heavy (non-hydrogen) atoms. The number of hydrogen-bond donors (Lipinski definition) is 2. The van der Waals surface area contributed by atoms with E-state index in [4.69, 9.17) is 4.52 Å². The maximum Gasteiger partial charge on any atom is 0.269 e. The highest BCUT2D eigenvalue weighted by Crippen LogP contribution is 2.19. The monoisotopic (exact) mass is 387 g/mol. The van der Waals surface area contributed by atoms with Crippen LogP contribution in [0.5, 0.6) is 0 Å². The average molecular weight is 387 g/mol.